The fraction of sp³-hybridized carbons (Fsp3) is 0.409. The number of anilines is 1. The second-order valence-corrected chi connectivity index (χ2v) is 7.37. The van der Waals surface area contributed by atoms with Crippen LogP contribution in [-0.4, -0.2) is 31.1 Å². The van der Waals surface area contributed by atoms with E-state index in [0.717, 1.165) is 18.4 Å². The molecule has 0 bridgehead atoms. The summed E-state index contributed by atoms with van der Waals surface area (Å²) in [7, 11) is 3.18. The highest BCUT2D eigenvalue weighted by Gasteiger charge is 2.21. The van der Waals surface area contributed by atoms with Crippen molar-refractivity contribution in [2.45, 2.75) is 44.8 Å². The van der Waals surface area contributed by atoms with E-state index < -0.39 is 10.8 Å². The molecule has 0 spiro atoms. The minimum Gasteiger partial charge on any atom is -0.493 e. The summed E-state index contributed by atoms with van der Waals surface area (Å²) in [6.07, 6.45) is 4.69. The van der Waals surface area contributed by atoms with Gasteiger partial charge in [-0.15, -0.1) is 0 Å². The number of nitrogens with one attached hydrogen (secondary N) is 2. The summed E-state index contributed by atoms with van der Waals surface area (Å²) in [5.41, 5.74) is 1.28. The van der Waals surface area contributed by atoms with Gasteiger partial charge in [0.2, 0.25) is 0 Å². The van der Waals surface area contributed by atoms with Crippen LogP contribution in [0.1, 0.15) is 54.6 Å². The number of hydrogen-bond donors (Lipinski definition) is 2. The number of ether oxygens (including phenoxy) is 2. The highest BCUT2D eigenvalue weighted by atomic mass is 16.6. The zero-order valence-electron chi connectivity index (χ0n) is 17.4. The monoisotopic (exact) mass is 413 g/mol. The lowest BCUT2D eigenvalue weighted by Crippen LogP contribution is -2.26. The standard InChI is InChI=1S/C22H27N3O5/c1-14(24-22(26)16-8-10-18(23-2)19(12-16)25(27)28)15-9-11-20(21(13-15)29-3)30-17-6-4-5-7-17/h8-14,17,23H,4-7H2,1-3H3,(H,24,26). The molecule has 160 valence electrons. The molecular formula is C22H27N3O5. The average Bonchev–Trinajstić information content (AvgIpc) is 3.26. The Balaban J connectivity index is 1.73. The third-order valence-electron chi connectivity index (χ3n) is 5.36. The van der Waals surface area contributed by atoms with Crippen LogP contribution in [0.2, 0.25) is 0 Å². The van der Waals surface area contributed by atoms with Crippen LogP contribution in [0.15, 0.2) is 36.4 Å². The van der Waals surface area contributed by atoms with E-state index in [1.807, 2.05) is 25.1 Å². The first-order valence-corrected chi connectivity index (χ1v) is 10.0. The molecule has 1 saturated carbocycles. The lowest BCUT2D eigenvalue weighted by molar-refractivity contribution is -0.384. The number of benzene rings is 2. The van der Waals surface area contributed by atoms with E-state index in [1.54, 1.807) is 20.2 Å². The molecular weight excluding hydrogens is 386 g/mol. The first-order valence-electron chi connectivity index (χ1n) is 10.0. The first kappa shape index (κ1) is 21.4. The van der Waals surface area contributed by atoms with Crippen LogP contribution >= 0.6 is 0 Å². The summed E-state index contributed by atoms with van der Waals surface area (Å²) in [6, 6.07) is 9.63. The van der Waals surface area contributed by atoms with Crippen LogP contribution < -0.4 is 20.1 Å². The van der Waals surface area contributed by atoms with Crippen LogP contribution in [0, 0.1) is 10.1 Å². The number of hydrogen-bond acceptors (Lipinski definition) is 6. The molecule has 8 nitrogen and oxygen atoms in total. The Kier molecular flexibility index (Phi) is 6.76. The summed E-state index contributed by atoms with van der Waals surface area (Å²) in [5.74, 6) is 0.929. The van der Waals surface area contributed by atoms with Crippen molar-refractivity contribution in [1.29, 1.82) is 0 Å². The molecule has 0 aromatic heterocycles. The van der Waals surface area contributed by atoms with E-state index in [0.29, 0.717) is 17.2 Å². The van der Waals surface area contributed by atoms with Crippen LogP contribution in [-0.2, 0) is 0 Å². The summed E-state index contributed by atoms with van der Waals surface area (Å²) >= 11 is 0. The number of carbonyl (C=O) groups excluding carboxylic acids is 1. The highest BCUT2D eigenvalue weighted by Crippen LogP contribution is 2.34. The second-order valence-electron chi connectivity index (χ2n) is 7.37. The minimum absolute atomic E-state index is 0.145. The Morgan fingerprint density at radius 3 is 2.53 bits per heavy atom. The molecule has 1 amide bonds. The molecule has 0 heterocycles. The van der Waals surface area contributed by atoms with Gasteiger partial charge in [0, 0.05) is 18.7 Å². The van der Waals surface area contributed by atoms with E-state index >= 15 is 0 Å². The van der Waals surface area contributed by atoms with Crippen LogP contribution in [0.25, 0.3) is 0 Å². The van der Waals surface area contributed by atoms with E-state index in [1.165, 1.54) is 25.0 Å². The lowest BCUT2D eigenvalue weighted by atomic mass is 10.1. The third-order valence-corrected chi connectivity index (χ3v) is 5.36. The molecule has 2 aromatic rings. The largest absolute Gasteiger partial charge is 0.493 e. The van der Waals surface area contributed by atoms with Gasteiger partial charge in [-0.2, -0.15) is 0 Å². The van der Waals surface area contributed by atoms with Gasteiger partial charge < -0.3 is 20.1 Å². The van der Waals surface area contributed by atoms with E-state index in [-0.39, 0.29) is 23.4 Å². The Bertz CT molecular complexity index is 925. The van der Waals surface area contributed by atoms with E-state index in [2.05, 4.69) is 10.6 Å². The fourth-order valence-electron chi connectivity index (χ4n) is 3.64. The molecule has 0 saturated heterocycles. The Morgan fingerprint density at radius 1 is 1.17 bits per heavy atom. The summed E-state index contributed by atoms with van der Waals surface area (Å²) in [4.78, 5) is 23.4. The molecule has 1 aliphatic rings. The number of carbonyl (C=O) groups is 1. The molecule has 30 heavy (non-hydrogen) atoms. The lowest BCUT2D eigenvalue weighted by Gasteiger charge is -2.19. The average molecular weight is 413 g/mol. The van der Waals surface area contributed by atoms with Gasteiger partial charge in [-0.25, -0.2) is 0 Å². The molecule has 1 fully saturated rings. The molecule has 2 aromatic carbocycles. The predicted molar refractivity (Wildman–Crippen MR) is 114 cm³/mol. The molecule has 1 aliphatic carbocycles. The molecule has 3 rings (SSSR count). The third kappa shape index (κ3) is 4.82. The van der Waals surface area contributed by atoms with Crippen molar-refractivity contribution >= 4 is 17.3 Å². The normalized spacial score (nSPS) is 14.8. The first-order chi connectivity index (χ1) is 14.4. The molecule has 0 aliphatic heterocycles. The predicted octanol–water partition coefficient (Wildman–Crippen LogP) is 4.46. The van der Waals surface area contributed by atoms with Crippen molar-refractivity contribution in [3.63, 3.8) is 0 Å². The van der Waals surface area contributed by atoms with Crippen LogP contribution in [0.4, 0.5) is 11.4 Å². The molecule has 8 heteroatoms. The highest BCUT2D eigenvalue weighted by molar-refractivity contribution is 5.96. The van der Waals surface area contributed by atoms with Gasteiger partial charge in [0.05, 0.1) is 24.2 Å². The van der Waals surface area contributed by atoms with Crippen LogP contribution in [0.3, 0.4) is 0 Å². The number of nitro benzene ring substituents is 1. The number of rotatable bonds is 8. The quantitative estimate of drug-likeness (QED) is 0.489. The maximum atomic E-state index is 12.6. The zero-order valence-corrected chi connectivity index (χ0v) is 17.4. The van der Waals surface area contributed by atoms with E-state index in [9.17, 15) is 14.9 Å². The number of amides is 1. The van der Waals surface area contributed by atoms with Crippen molar-refractivity contribution in [2.75, 3.05) is 19.5 Å². The van der Waals surface area contributed by atoms with Crippen molar-refractivity contribution in [2.24, 2.45) is 0 Å². The van der Waals surface area contributed by atoms with Gasteiger partial charge >= 0.3 is 0 Å². The maximum Gasteiger partial charge on any atom is 0.293 e. The maximum absolute atomic E-state index is 12.6. The van der Waals surface area contributed by atoms with Gasteiger partial charge in [0.1, 0.15) is 5.69 Å². The molecule has 2 N–H and O–H groups in total. The number of nitro groups is 1. The van der Waals surface area contributed by atoms with Crippen molar-refractivity contribution in [3.05, 3.63) is 57.6 Å². The minimum atomic E-state index is -0.514. The summed E-state index contributed by atoms with van der Waals surface area (Å²) in [6.45, 7) is 1.85. The van der Waals surface area contributed by atoms with Crippen molar-refractivity contribution in [3.8, 4) is 11.5 Å². The van der Waals surface area contributed by atoms with Gasteiger partial charge in [0.25, 0.3) is 11.6 Å². The fourth-order valence-corrected chi connectivity index (χ4v) is 3.64. The Morgan fingerprint density at radius 2 is 1.90 bits per heavy atom. The SMILES string of the molecule is CNc1ccc(C(=O)NC(C)c2ccc(OC3CCCC3)c(OC)c2)cc1[N+](=O)[O-]. The van der Waals surface area contributed by atoms with Crippen LogP contribution in [0.5, 0.6) is 11.5 Å². The van der Waals surface area contributed by atoms with Crippen molar-refractivity contribution < 1.29 is 19.2 Å². The Labute approximate surface area is 175 Å². The molecule has 1 unspecified atom stereocenters. The second kappa shape index (κ2) is 9.47. The van der Waals surface area contributed by atoms with Gasteiger partial charge in [0.15, 0.2) is 11.5 Å². The van der Waals surface area contributed by atoms with E-state index in [4.69, 9.17) is 9.47 Å². The van der Waals surface area contributed by atoms with Gasteiger partial charge in [-0.05, 0) is 62.4 Å². The summed E-state index contributed by atoms with van der Waals surface area (Å²) in [5, 5.41) is 16.9. The number of methoxy groups -OCH3 is 1. The zero-order chi connectivity index (χ0) is 21.7. The number of nitrogens with zero attached hydrogens (tertiary/aromatic N) is 1. The molecule has 0 radical (unpaired) electrons. The van der Waals surface area contributed by atoms with Crippen molar-refractivity contribution in [1.82, 2.24) is 5.32 Å². The van der Waals surface area contributed by atoms with Gasteiger partial charge in [-0.1, -0.05) is 6.07 Å². The summed E-state index contributed by atoms with van der Waals surface area (Å²) < 4.78 is 11.5. The smallest absolute Gasteiger partial charge is 0.293 e. The Hall–Kier alpha value is -3.29. The molecule has 1 atom stereocenters. The topological polar surface area (TPSA) is 103 Å². The van der Waals surface area contributed by atoms with Gasteiger partial charge in [-0.3, -0.25) is 14.9 Å².